The predicted molar refractivity (Wildman–Crippen MR) is 38.0 cm³/mol. The van der Waals surface area contributed by atoms with E-state index in [0.29, 0.717) is 5.01 Å². The van der Waals surface area contributed by atoms with E-state index in [1.807, 2.05) is 0 Å². The summed E-state index contributed by atoms with van der Waals surface area (Å²) < 4.78 is 0. The first-order valence-corrected chi connectivity index (χ1v) is 2.69. The van der Waals surface area contributed by atoms with Crippen LogP contribution >= 0.6 is 0 Å². The lowest BCUT2D eigenvalue weighted by molar-refractivity contribution is -0.526. The Morgan fingerprint density at radius 2 is 2.31 bits per heavy atom. The molecule has 0 fully saturated rings. The fourth-order valence-corrected chi connectivity index (χ4v) is 0.394. The zero-order valence-electron chi connectivity index (χ0n) is 6.13. The van der Waals surface area contributed by atoms with Crippen molar-refractivity contribution in [2.75, 3.05) is 0 Å². The highest BCUT2D eigenvalue weighted by Crippen LogP contribution is 1.79. The maximum atomic E-state index is 9.90. The Balaban J connectivity index is 4.49. The largest absolute Gasteiger partial charge is 0.320 e. The number of guanidine groups is 1. The third-order valence-corrected chi connectivity index (χ3v) is 0.787. The molecule has 0 aromatic carbocycles. The van der Waals surface area contributed by atoms with E-state index in [9.17, 15) is 10.1 Å². The summed E-state index contributed by atoms with van der Waals surface area (Å²) in [5.74, 6) is 4.10. The minimum absolute atomic E-state index is 0.392. The van der Waals surface area contributed by atoms with Crippen LogP contribution in [0.25, 0.3) is 0 Å². The van der Waals surface area contributed by atoms with Crippen LogP contribution in [-0.2, 0) is 0 Å². The molecule has 0 rings (SSSR count). The van der Waals surface area contributed by atoms with Gasteiger partial charge in [0.15, 0.2) is 11.2 Å². The topological polar surface area (TPSA) is 156 Å². The van der Waals surface area contributed by atoms with Crippen molar-refractivity contribution < 1.29 is 5.03 Å². The number of nitro groups is 1. The lowest BCUT2D eigenvalue weighted by atomic mass is 10.9. The summed E-state index contributed by atoms with van der Waals surface area (Å²) in [5.41, 5.74) is 3.29. The van der Waals surface area contributed by atoms with Gasteiger partial charge in [-0.15, -0.1) is 10.1 Å². The van der Waals surface area contributed by atoms with Crippen molar-refractivity contribution in [2.24, 2.45) is 10.9 Å². The Hall–Kier alpha value is -2.75. The molecule has 0 unspecified atom stereocenters. The van der Waals surface area contributed by atoms with E-state index in [2.05, 4.69) is 5.10 Å². The van der Waals surface area contributed by atoms with Crippen LogP contribution in [0.3, 0.4) is 0 Å². The number of rotatable bonds is 2. The molecule has 0 heterocycles. The Morgan fingerprint density at radius 3 is 2.62 bits per heavy atom. The number of nitrogens with two attached hydrogens (primary N) is 1. The van der Waals surface area contributed by atoms with E-state index >= 15 is 0 Å². The zero-order valence-corrected chi connectivity index (χ0v) is 6.13. The Labute approximate surface area is 71.9 Å². The number of nitrogens with one attached hydrogen (secondary N) is 2. The van der Waals surface area contributed by atoms with Gasteiger partial charge < -0.3 is 5.84 Å². The molecular formula is C3H4N8O2. The fourth-order valence-electron chi connectivity index (χ4n) is 0.394. The molecule has 0 aliphatic carbocycles. The van der Waals surface area contributed by atoms with Gasteiger partial charge >= 0.3 is 5.96 Å². The average molecular weight is 184 g/mol. The quantitative estimate of drug-likeness (QED) is 0.0826. The van der Waals surface area contributed by atoms with Crippen molar-refractivity contribution in [2.45, 2.75) is 0 Å². The molecular weight excluding hydrogens is 180 g/mol. The van der Waals surface area contributed by atoms with Crippen molar-refractivity contribution >= 4 is 5.96 Å². The van der Waals surface area contributed by atoms with Crippen molar-refractivity contribution in [3.8, 4) is 12.4 Å². The molecule has 13 heavy (non-hydrogen) atoms. The predicted octanol–water partition coefficient (Wildman–Crippen LogP) is -2.23. The Kier molecular flexibility index (Phi) is 3.92. The van der Waals surface area contributed by atoms with Crippen molar-refractivity contribution in [3.63, 3.8) is 0 Å². The van der Waals surface area contributed by atoms with Crippen LogP contribution in [0.4, 0.5) is 0 Å². The van der Waals surface area contributed by atoms with Crippen LogP contribution in [0.15, 0.2) is 5.10 Å². The van der Waals surface area contributed by atoms with E-state index in [4.69, 9.17) is 16.4 Å². The maximum Gasteiger partial charge on any atom is 0.311 e. The van der Waals surface area contributed by atoms with Crippen molar-refractivity contribution in [1.29, 1.82) is 10.5 Å². The number of hydrogen-bond acceptors (Lipinski definition) is 7. The lowest BCUT2D eigenvalue weighted by Gasteiger charge is -2.09. The molecule has 0 aliphatic rings. The molecule has 0 aromatic rings. The molecule has 0 atom stereocenters. The summed E-state index contributed by atoms with van der Waals surface area (Å²) in [6.45, 7) is 0. The third kappa shape index (κ3) is 3.24. The van der Waals surface area contributed by atoms with Crippen LogP contribution in [0.2, 0.25) is 0 Å². The Bertz CT molecular complexity index is 295. The molecule has 0 aromatic heterocycles. The minimum atomic E-state index is -0.977. The van der Waals surface area contributed by atoms with Gasteiger partial charge in [0, 0.05) is 0 Å². The third-order valence-electron chi connectivity index (χ3n) is 0.787. The summed E-state index contributed by atoms with van der Waals surface area (Å²) in [6, 6.07) is 0. The average Bonchev–Trinajstić information content (AvgIpc) is 2.10. The van der Waals surface area contributed by atoms with Gasteiger partial charge in [-0.05, 0) is 0 Å². The fraction of sp³-hybridized carbons (Fsp3) is 0. The zero-order chi connectivity index (χ0) is 10.3. The summed E-state index contributed by atoms with van der Waals surface area (Å²) in [4.78, 5) is 9.90. The monoisotopic (exact) mass is 184 g/mol. The molecule has 68 valence electrons. The number of hydrazine groups is 2. The molecule has 0 bridgehead atoms. The van der Waals surface area contributed by atoms with E-state index in [-0.39, 0.29) is 0 Å². The molecule has 10 nitrogen and oxygen atoms in total. The highest BCUT2D eigenvalue weighted by molar-refractivity contribution is 5.79. The first kappa shape index (κ1) is 10.2. The molecule has 10 heteroatoms. The maximum absolute atomic E-state index is 9.90. The first-order chi connectivity index (χ1) is 6.15. The van der Waals surface area contributed by atoms with Crippen LogP contribution < -0.4 is 16.7 Å². The summed E-state index contributed by atoms with van der Waals surface area (Å²) >= 11 is 0. The molecule has 0 saturated heterocycles. The molecule has 4 N–H and O–H groups in total. The molecule has 0 radical (unpaired) electrons. The van der Waals surface area contributed by atoms with Gasteiger partial charge in [0.2, 0.25) is 6.19 Å². The van der Waals surface area contributed by atoms with Crippen LogP contribution in [-0.4, -0.2) is 16.0 Å². The summed E-state index contributed by atoms with van der Waals surface area (Å²) in [5, 5.41) is 28.6. The van der Waals surface area contributed by atoms with Crippen molar-refractivity contribution in [1.82, 2.24) is 15.9 Å². The molecule has 0 amide bonds. The van der Waals surface area contributed by atoms with Gasteiger partial charge in [0.25, 0.3) is 0 Å². The second kappa shape index (κ2) is 4.97. The highest BCUT2D eigenvalue weighted by Gasteiger charge is 2.14. The van der Waals surface area contributed by atoms with Gasteiger partial charge in [-0.25, -0.2) is 15.5 Å². The van der Waals surface area contributed by atoms with E-state index < -0.39 is 11.0 Å². The van der Waals surface area contributed by atoms with Gasteiger partial charge in [0.05, 0.1) is 0 Å². The second-order valence-corrected chi connectivity index (χ2v) is 1.48. The van der Waals surface area contributed by atoms with E-state index in [0.717, 1.165) is 0 Å². The van der Waals surface area contributed by atoms with Crippen LogP contribution in [0.1, 0.15) is 0 Å². The van der Waals surface area contributed by atoms with Crippen LogP contribution in [0.5, 0.6) is 0 Å². The number of nitrogens with zero attached hydrogens (tertiary/aromatic N) is 5. The molecule has 0 saturated carbocycles. The van der Waals surface area contributed by atoms with E-state index in [1.54, 1.807) is 5.43 Å². The lowest BCUT2D eigenvalue weighted by Crippen LogP contribution is -2.47. The smallest absolute Gasteiger partial charge is 0.311 e. The van der Waals surface area contributed by atoms with Gasteiger partial charge in [0.1, 0.15) is 0 Å². The molecule has 0 spiro atoms. The van der Waals surface area contributed by atoms with Gasteiger partial charge in [-0.2, -0.15) is 10.5 Å². The van der Waals surface area contributed by atoms with Crippen LogP contribution in [0, 0.1) is 33.0 Å². The number of hydrazone groups is 1. The van der Waals surface area contributed by atoms with Crippen molar-refractivity contribution in [3.05, 3.63) is 10.1 Å². The minimum Gasteiger partial charge on any atom is -0.320 e. The second-order valence-electron chi connectivity index (χ2n) is 1.48. The SMILES string of the molecule is N#CNN(C#N)C(=NN)N[N+](=O)[O-]. The standard InChI is InChI=1S/C3H4N8O2/c4-1-7-10(2-5)3(8-6)9-11(12)13/h7H,6H2,(H,8,9). The summed E-state index contributed by atoms with van der Waals surface area (Å²) in [7, 11) is 0. The summed E-state index contributed by atoms with van der Waals surface area (Å²) in [6.07, 6.45) is 2.74. The van der Waals surface area contributed by atoms with E-state index in [1.165, 1.54) is 17.8 Å². The normalized spacial score (nSPS) is 9.23. The number of hydrogen-bond donors (Lipinski definition) is 3. The highest BCUT2D eigenvalue weighted by atomic mass is 16.7. The van der Waals surface area contributed by atoms with Gasteiger partial charge in [-0.3, -0.25) is 0 Å². The molecule has 0 aliphatic heterocycles. The van der Waals surface area contributed by atoms with Gasteiger partial charge in [-0.1, -0.05) is 5.43 Å². The first-order valence-electron chi connectivity index (χ1n) is 2.69. The Morgan fingerprint density at radius 1 is 1.69 bits per heavy atom. The number of nitriles is 2.